The highest BCUT2D eigenvalue weighted by atomic mass is 31.2. The van der Waals surface area contributed by atoms with Gasteiger partial charge in [0.05, 0.1) is 6.10 Å². The first kappa shape index (κ1) is 23.9. The number of aliphatic hydroxyl groups is 2. The van der Waals surface area contributed by atoms with E-state index in [4.69, 9.17) is 4.52 Å². The normalized spacial score (nSPS) is 48.0. The van der Waals surface area contributed by atoms with Gasteiger partial charge in [-0.25, -0.2) is 8.96 Å². The van der Waals surface area contributed by atoms with E-state index < -0.39 is 66.2 Å². The summed E-state index contributed by atoms with van der Waals surface area (Å²) >= 11 is 0. The van der Waals surface area contributed by atoms with Gasteiger partial charge in [-0.05, 0) is 56.6 Å². The average molecular weight is 472 g/mol. The second kappa shape index (κ2) is 7.14. The molecule has 32 heavy (non-hydrogen) atoms. The lowest BCUT2D eigenvalue weighted by molar-refractivity contribution is -0.217. The first-order valence-electron chi connectivity index (χ1n) is 10.9. The van der Waals surface area contributed by atoms with Crippen LogP contribution < -0.4 is 0 Å². The number of hydrogen-bond acceptors (Lipinski definition) is 6. The van der Waals surface area contributed by atoms with Gasteiger partial charge in [0.25, 0.3) is 0 Å². The molecule has 0 bridgehead atoms. The van der Waals surface area contributed by atoms with Crippen LogP contribution in [0, 0.1) is 28.6 Å². The molecule has 4 rings (SSSR count). The van der Waals surface area contributed by atoms with Crippen LogP contribution in [0.3, 0.4) is 0 Å². The third-order valence-corrected chi connectivity index (χ3v) is 9.53. The van der Waals surface area contributed by atoms with Crippen LogP contribution in [0.15, 0.2) is 23.8 Å². The minimum Gasteiger partial charge on any atom is -0.390 e. The quantitative estimate of drug-likeness (QED) is 0.456. The molecule has 0 heterocycles. The second-order valence-corrected chi connectivity index (χ2v) is 11.5. The van der Waals surface area contributed by atoms with Gasteiger partial charge in [0.2, 0.25) is 0 Å². The molecule has 4 aliphatic carbocycles. The van der Waals surface area contributed by atoms with E-state index in [1.54, 1.807) is 20.8 Å². The van der Waals surface area contributed by atoms with Crippen LogP contribution >= 0.6 is 7.82 Å². The van der Waals surface area contributed by atoms with Crippen LogP contribution in [0.4, 0.5) is 4.39 Å². The number of hydrogen-bond donors (Lipinski definition) is 4. The Morgan fingerprint density at radius 3 is 2.56 bits per heavy atom. The highest BCUT2D eigenvalue weighted by molar-refractivity contribution is 7.46. The summed E-state index contributed by atoms with van der Waals surface area (Å²) in [5.41, 5.74) is -6.13. The zero-order valence-corrected chi connectivity index (χ0v) is 19.2. The number of halogens is 1. The molecular weight excluding hydrogens is 442 g/mol. The molecule has 0 amide bonds. The number of rotatable bonds is 4. The van der Waals surface area contributed by atoms with E-state index in [1.807, 2.05) is 0 Å². The number of Topliss-reactive ketones (excluding diaryl/α,β-unsaturated/α-hetero) is 1. The third kappa shape index (κ3) is 2.82. The molecule has 3 saturated carbocycles. The maximum absolute atomic E-state index is 17.1. The zero-order valence-electron chi connectivity index (χ0n) is 18.3. The van der Waals surface area contributed by atoms with Gasteiger partial charge in [-0.15, -0.1) is 0 Å². The Kier molecular flexibility index (Phi) is 5.34. The van der Waals surface area contributed by atoms with Crippen molar-refractivity contribution in [3.8, 4) is 0 Å². The molecular formula is C22H30FO8P. The van der Waals surface area contributed by atoms with Gasteiger partial charge in [-0.2, -0.15) is 0 Å². The SMILES string of the molecule is C[C@H]1C[C@H]2[C@@H]3CCC4=CC(=O)C=C[C@]4(C)[C@@]3(F)[C@@H](O)C[C@]2(C)[C@@]1(OP(=O)(O)O)C(=O)CO. The maximum Gasteiger partial charge on any atom is 0.470 e. The number of carbonyl (C=O) groups is 2. The van der Waals surface area contributed by atoms with Crippen molar-refractivity contribution in [2.75, 3.05) is 6.61 Å². The van der Waals surface area contributed by atoms with E-state index >= 15 is 4.39 Å². The Bertz CT molecular complexity index is 973. The minimum absolute atomic E-state index is 0.230. The van der Waals surface area contributed by atoms with Crippen LogP contribution in [0.5, 0.6) is 0 Å². The first-order chi connectivity index (χ1) is 14.7. The van der Waals surface area contributed by atoms with Crippen molar-refractivity contribution in [3.05, 3.63) is 23.8 Å². The number of ketones is 2. The Morgan fingerprint density at radius 2 is 1.97 bits per heavy atom. The highest BCUT2D eigenvalue weighted by Gasteiger charge is 2.77. The average Bonchev–Trinajstić information content (AvgIpc) is 2.90. The summed E-state index contributed by atoms with van der Waals surface area (Å²) in [4.78, 5) is 44.2. The maximum atomic E-state index is 17.1. The van der Waals surface area contributed by atoms with E-state index in [9.17, 15) is 34.2 Å². The van der Waals surface area contributed by atoms with Crippen LogP contribution in [0.2, 0.25) is 0 Å². The first-order valence-corrected chi connectivity index (χ1v) is 12.4. The van der Waals surface area contributed by atoms with Gasteiger partial charge < -0.3 is 20.0 Å². The fraction of sp³-hybridized carbons (Fsp3) is 0.727. The summed E-state index contributed by atoms with van der Waals surface area (Å²) in [5, 5.41) is 21.0. The predicted molar refractivity (Wildman–Crippen MR) is 111 cm³/mol. The summed E-state index contributed by atoms with van der Waals surface area (Å²) < 4.78 is 34.2. The van der Waals surface area contributed by atoms with E-state index in [2.05, 4.69) is 0 Å². The molecule has 4 N–H and O–H groups in total. The van der Waals surface area contributed by atoms with Crippen LogP contribution in [0.1, 0.15) is 46.5 Å². The molecule has 0 unspecified atom stereocenters. The van der Waals surface area contributed by atoms with E-state index in [0.29, 0.717) is 18.4 Å². The molecule has 0 aromatic rings. The van der Waals surface area contributed by atoms with Crippen molar-refractivity contribution in [1.82, 2.24) is 0 Å². The minimum atomic E-state index is -5.17. The largest absolute Gasteiger partial charge is 0.470 e. The molecule has 0 radical (unpaired) electrons. The number of phosphoric acid groups is 1. The van der Waals surface area contributed by atoms with Crippen molar-refractivity contribution < 1.29 is 43.1 Å². The van der Waals surface area contributed by atoms with Gasteiger partial charge >= 0.3 is 7.82 Å². The molecule has 8 nitrogen and oxygen atoms in total. The summed E-state index contributed by atoms with van der Waals surface area (Å²) in [5.74, 6) is -3.13. The van der Waals surface area contributed by atoms with E-state index in [-0.39, 0.29) is 18.6 Å². The fourth-order valence-electron chi connectivity index (χ4n) is 7.67. The Hall–Kier alpha value is -1.22. The predicted octanol–water partition coefficient (Wildman–Crippen LogP) is 2.01. The topological polar surface area (TPSA) is 141 Å². The second-order valence-electron chi connectivity index (χ2n) is 10.3. The van der Waals surface area contributed by atoms with Crippen molar-refractivity contribution in [3.63, 3.8) is 0 Å². The van der Waals surface area contributed by atoms with Crippen molar-refractivity contribution in [2.24, 2.45) is 28.6 Å². The van der Waals surface area contributed by atoms with E-state index in [1.165, 1.54) is 18.2 Å². The molecule has 0 saturated heterocycles. The van der Waals surface area contributed by atoms with Crippen LogP contribution in [-0.4, -0.2) is 55.5 Å². The standard InChI is InChI=1S/C22H30FO8P/c1-12-8-16-15-5-4-13-9-14(25)6-7-19(13,2)21(15,23)17(26)10-20(16,3)22(12,18(27)11-24)31-32(28,29)30/h6-7,9,12,15-17,24,26H,4-5,8,10-11H2,1-3H3,(H2,28,29,30)/t12-,15-,16-,17-,19-,20-,21-,22-/m0/s1. The summed E-state index contributed by atoms with van der Waals surface area (Å²) in [6.07, 6.45) is 3.34. The Morgan fingerprint density at radius 1 is 1.31 bits per heavy atom. The van der Waals surface area contributed by atoms with Crippen LogP contribution in [-0.2, 0) is 18.7 Å². The lowest BCUT2D eigenvalue weighted by Gasteiger charge is -2.63. The molecule has 4 aliphatic rings. The van der Waals surface area contributed by atoms with Gasteiger partial charge in [0, 0.05) is 16.7 Å². The van der Waals surface area contributed by atoms with Gasteiger partial charge in [0.15, 0.2) is 17.2 Å². The van der Waals surface area contributed by atoms with Crippen LogP contribution in [0.25, 0.3) is 0 Å². The lowest BCUT2D eigenvalue weighted by Crippen LogP contribution is -2.69. The van der Waals surface area contributed by atoms with Crippen molar-refractivity contribution in [1.29, 1.82) is 0 Å². The van der Waals surface area contributed by atoms with Crippen molar-refractivity contribution >= 4 is 19.4 Å². The number of phosphoric ester groups is 1. The Balaban J connectivity index is 1.87. The lowest BCUT2D eigenvalue weighted by atomic mass is 9.44. The molecule has 10 heteroatoms. The number of allylic oxidation sites excluding steroid dienone is 4. The molecule has 0 aromatic carbocycles. The van der Waals surface area contributed by atoms with Gasteiger partial charge in [-0.1, -0.05) is 25.5 Å². The summed E-state index contributed by atoms with van der Waals surface area (Å²) in [6.45, 7) is 3.87. The highest BCUT2D eigenvalue weighted by Crippen LogP contribution is 2.72. The molecule has 3 fully saturated rings. The van der Waals surface area contributed by atoms with Gasteiger partial charge in [0.1, 0.15) is 12.2 Å². The smallest absolute Gasteiger partial charge is 0.390 e. The van der Waals surface area contributed by atoms with E-state index in [0.717, 1.165) is 0 Å². The summed E-state index contributed by atoms with van der Waals surface area (Å²) in [7, 11) is -5.17. The molecule has 178 valence electrons. The molecule has 0 aliphatic heterocycles. The van der Waals surface area contributed by atoms with Crippen molar-refractivity contribution in [2.45, 2.75) is 63.8 Å². The zero-order chi connectivity index (χ0) is 23.9. The number of carbonyl (C=O) groups excluding carboxylic acids is 2. The molecule has 8 atom stereocenters. The Labute approximate surface area is 185 Å². The summed E-state index contributed by atoms with van der Waals surface area (Å²) in [6, 6.07) is 0. The number of alkyl halides is 1. The monoisotopic (exact) mass is 472 g/mol. The molecule has 0 aromatic heterocycles. The third-order valence-electron chi connectivity index (χ3n) is 9.00. The fourth-order valence-corrected chi connectivity index (χ4v) is 8.54. The van der Waals surface area contributed by atoms with Gasteiger partial charge in [-0.3, -0.25) is 14.1 Å². The molecule has 0 spiro atoms. The number of fused-ring (bicyclic) bond motifs is 5. The number of aliphatic hydroxyl groups excluding tert-OH is 2.